The zero-order chi connectivity index (χ0) is 17.5. The fourth-order valence-electron chi connectivity index (χ4n) is 1.95. The van der Waals surface area contributed by atoms with Gasteiger partial charge in [0, 0.05) is 17.8 Å². The minimum Gasteiger partial charge on any atom is -0.493 e. The number of benzene rings is 1. The molecule has 1 aromatic carbocycles. The van der Waals surface area contributed by atoms with Gasteiger partial charge in [0.1, 0.15) is 0 Å². The normalized spacial score (nSPS) is 10.8. The molecule has 0 aliphatic carbocycles. The van der Waals surface area contributed by atoms with E-state index in [1.54, 1.807) is 25.3 Å². The molecule has 2 aromatic rings. The lowest BCUT2D eigenvalue weighted by molar-refractivity contribution is -0.384. The number of aromatic nitrogens is 1. The highest BCUT2D eigenvalue weighted by molar-refractivity contribution is 5.85. The van der Waals surface area contributed by atoms with Gasteiger partial charge in [-0.05, 0) is 32.0 Å². The summed E-state index contributed by atoms with van der Waals surface area (Å²) in [5.74, 6) is 1.19. The van der Waals surface area contributed by atoms with Crippen molar-refractivity contribution < 1.29 is 14.4 Å². The fourth-order valence-corrected chi connectivity index (χ4v) is 1.95. The maximum atomic E-state index is 11.0. The van der Waals surface area contributed by atoms with Crippen LogP contribution < -0.4 is 14.9 Å². The molecular formula is C16H18N4O4. The molecule has 0 saturated heterocycles. The van der Waals surface area contributed by atoms with Crippen LogP contribution in [-0.4, -0.2) is 29.3 Å². The Hall–Kier alpha value is -3.16. The lowest BCUT2D eigenvalue weighted by atomic mass is 10.2. The molecule has 0 bridgehead atoms. The van der Waals surface area contributed by atoms with Crippen molar-refractivity contribution in [2.24, 2.45) is 5.10 Å². The van der Waals surface area contributed by atoms with E-state index in [2.05, 4.69) is 15.5 Å². The molecule has 0 fully saturated rings. The topological polar surface area (TPSA) is 98.9 Å². The molecule has 0 spiro atoms. The first-order valence-electron chi connectivity index (χ1n) is 7.25. The number of para-hydroxylation sites is 1. The van der Waals surface area contributed by atoms with Crippen LogP contribution in [0.4, 0.5) is 11.5 Å². The Morgan fingerprint density at radius 1 is 1.33 bits per heavy atom. The van der Waals surface area contributed by atoms with Crippen molar-refractivity contribution in [3.8, 4) is 11.5 Å². The van der Waals surface area contributed by atoms with Crippen LogP contribution in [0.25, 0.3) is 0 Å². The number of ether oxygens (including phenoxy) is 2. The maximum Gasteiger partial charge on any atom is 0.313 e. The molecule has 126 valence electrons. The van der Waals surface area contributed by atoms with E-state index in [1.165, 1.54) is 24.5 Å². The number of anilines is 1. The van der Waals surface area contributed by atoms with Gasteiger partial charge < -0.3 is 9.47 Å². The molecule has 0 atom stereocenters. The van der Waals surface area contributed by atoms with Gasteiger partial charge in [0.2, 0.25) is 5.82 Å². The molecule has 8 heteroatoms. The highest BCUT2D eigenvalue weighted by atomic mass is 16.6. The van der Waals surface area contributed by atoms with Crippen molar-refractivity contribution in [3.05, 3.63) is 52.2 Å². The predicted molar refractivity (Wildman–Crippen MR) is 90.9 cm³/mol. The second-order valence-electron chi connectivity index (χ2n) is 5.04. The molecule has 0 radical (unpaired) electrons. The minimum absolute atomic E-state index is 0.0433. The second-order valence-corrected chi connectivity index (χ2v) is 5.04. The fraction of sp³-hybridized carbons (Fsp3) is 0.250. The Morgan fingerprint density at radius 2 is 2.12 bits per heavy atom. The van der Waals surface area contributed by atoms with Crippen molar-refractivity contribution in [2.75, 3.05) is 12.5 Å². The summed E-state index contributed by atoms with van der Waals surface area (Å²) in [5, 5.41) is 15.0. The summed E-state index contributed by atoms with van der Waals surface area (Å²) in [6, 6.07) is 8.23. The number of nitro groups is 1. The Morgan fingerprint density at radius 3 is 2.79 bits per heavy atom. The standard InChI is InChI=1S/C16H18N4O4/c1-11(2)24-15-12(6-4-8-14(15)23-3)10-18-19-16-13(20(21)22)7-5-9-17-16/h4-11H,1-3H3,(H,17,19)/b18-10-. The van der Waals surface area contributed by atoms with Gasteiger partial charge in [0.25, 0.3) is 0 Å². The zero-order valence-corrected chi connectivity index (χ0v) is 13.6. The molecule has 0 saturated carbocycles. The first-order chi connectivity index (χ1) is 11.5. The number of hydrazone groups is 1. The molecular weight excluding hydrogens is 312 g/mol. The third-order valence-corrected chi connectivity index (χ3v) is 2.94. The third kappa shape index (κ3) is 4.19. The average molecular weight is 330 g/mol. The monoisotopic (exact) mass is 330 g/mol. The van der Waals surface area contributed by atoms with Gasteiger partial charge in [-0.3, -0.25) is 15.5 Å². The van der Waals surface area contributed by atoms with Crippen molar-refractivity contribution >= 4 is 17.7 Å². The largest absolute Gasteiger partial charge is 0.493 e. The van der Waals surface area contributed by atoms with Crippen molar-refractivity contribution in [1.29, 1.82) is 0 Å². The third-order valence-electron chi connectivity index (χ3n) is 2.94. The Bertz CT molecular complexity index is 747. The lowest BCUT2D eigenvalue weighted by Gasteiger charge is -2.15. The summed E-state index contributed by atoms with van der Waals surface area (Å²) in [4.78, 5) is 14.3. The molecule has 2 rings (SSSR count). The van der Waals surface area contributed by atoms with Gasteiger partial charge in [0.15, 0.2) is 11.5 Å². The number of rotatable bonds is 7. The smallest absolute Gasteiger partial charge is 0.313 e. The van der Waals surface area contributed by atoms with Crippen molar-refractivity contribution in [2.45, 2.75) is 20.0 Å². The number of pyridine rings is 1. The molecule has 0 aliphatic rings. The van der Waals surface area contributed by atoms with Crippen LogP contribution >= 0.6 is 0 Å². The summed E-state index contributed by atoms with van der Waals surface area (Å²) >= 11 is 0. The SMILES string of the molecule is COc1cccc(/C=N\Nc2ncccc2[N+](=O)[O-])c1OC(C)C. The molecule has 1 N–H and O–H groups in total. The van der Waals surface area contributed by atoms with Crippen LogP contribution in [0.1, 0.15) is 19.4 Å². The number of methoxy groups -OCH3 is 1. The van der Waals surface area contributed by atoms with E-state index in [0.29, 0.717) is 17.1 Å². The van der Waals surface area contributed by atoms with E-state index in [4.69, 9.17) is 9.47 Å². The predicted octanol–water partition coefficient (Wildman–Crippen LogP) is 3.23. The highest BCUT2D eigenvalue weighted by Gasteiger charge is 2.14. The summed E-state index contributed by atoms with van der Waals surface area (Å²) in [7, 11) is 1.55. The van der Waals surface area contributed by atoms with Crippen LogP contribution in [0, 0.1) is 10.1 Å². The number of nitrogens with one attached hydrogen (secondary N) is 1. The Kier molecular flexibility index (Phi) is 5.67. The van der Waals surface area contributed by atoms with E-state index in [1.807, 2.05) is 13.8 Å². The Balaban J connectivity index is 2.25. The number of hydrogen-bond acceptors (Lipinski definition) is 7. The van der Waals surface area contributed by atoms with Gasteiger partial charge in [-0.15, -0.1) is 0 Å². The highest BCUT2D eigenvalue weighted by Crippen LogP contribution is 2.31. The quantitative estimate of drug-likeness (QED) is 0.475. The summed E-state index contributed by atoms with van der Waals surface area (Å²) in [5.41, 5.74) is 3.10. The summed E-state index contributed by atoms with van der Waals surface area (Å²) in [6.45, 7) is 3.81. The van der Waals surface area contributed by atoms with Crippen LogP contribution in [0.15, 0.2) is 41.6 Å². The van der Waals surface area contributed by atoms with Crippen LogP contribution in [0.5, 0.6) is 11.5 Å². The van der Waals surface area contributed by atoms with E-state index in [9.17, 15) is 10.1 Å². The number of nitrogens with zero attached hydrogens (tertiary/aromatic N) is 3. The number of hydrogen-bond donors (Lipinski definition) is 1. The van der Waals surface area contributed by atoms with Gasteiger partial charge in [-0.2, -0.15) is 5.10 Å². The van der Waals surface area contributed by atoms with E-state index < -0.39 is 4.92 Å². The molecule has 0 aliphatic heterocycles. The van der Waals surface area contributed by atoms with Crippen molar-refractivity contribution in [1.82, 2.24) is 4.98 Å². The maximum absolute atomic E-state index is 11.0. The van der Waals surface area contributed by atoms with Gasteiger partial charge in [0.05, 0.1) is 24.4 Å². The molecule has 24 heavy (non-hydrogen) atoms. The zero-order valence-electron chi connectivity index (χ0n) is 13.6. The van der Waals surface area contributed by atoms with Gasteiger partial charge >= 0.3 is 5.69 Å². The van der Waals surface area contributed by atoms with Crippen molar-refractivity contribution in [3.63, 3.8) is 0 Å². The first-order valence-corrected chi connectivity index (χ1v) is 7.25. The summed E-state index contributed by atoms with van der Waals surface area (Å²) < 4.78 is 11.1. The van der Waals surface area contributed by atoms with Crippen LogP contribution in [0.3, 0.4) is 0 Å². The van der Waals surface area contributed by atoms with E-state index in [0.717, 1.165) is 0 Å². The molecule has 1 heterocycles. The second kappa shape index (κ2) is 7.91. The van der Waals surface area contributed by atoms with E-state index in [-0.39, 0.29) is 17.6 Å². The molecule has 8 nitrogen and oxygen atoms in total. The minimum atomic E-state index is -0.524. The van der Waals surface area contributed by atoms with E-state index >= 15 is 0 Å². The molecule has 0 amide bonds. The molecule has 1 aromatic heterocycles. The lowest BCUT2D eigenvalue weighted by Crippen LogP contribution is -2.09. The molecule has 0 unspecified atom stereocenters. The van der Waals surface area contributed by atoms with Crippen LogP contribution in [-0.2, 0) is 0 Å². The Labute approximate surface area is 139 Å². The van der Waals surface area contributed by atoms with Gasteiger partial charge in [-0.1, -0.05) is 6.07 Å². The summed E-state index contributed by atoms with van der Waals surface area (Å²) in [6.07, 6.45) is 2.90. The average Bonchev–Trinajstić information content (AvgIpc) is 2.56. The van der Waals surface area contributed by atoms with Crippen LogP contribution in [0.2, 0.25) is 0 Å². The van der Waals surface area contributed by atoms with Gasteiger partial charge in [-0.25, -0.2) is 4.98 Å². The first kappa shape index (κ1) is 17.2.